The van der Waals surface area contributed by atoms with Crippen molar-refractivity contribution < 1.29 is 14.3 Å². The van der Waals surface area contributed by atoms with Gasteiger partial charge in [-0.25, -0.2) is 0 Å². The van der Waals surface area contributed by atoms with Gasteiger partial charge in [0.05, 0.1) is 7.11 Å². The van der Waals surface area contributed by atoms with Crippen molar-refractivity contribution in [1.29, 1.82) is 0 Å². The van der Waals surface area contributed by atoms with Gasteiger partial charge in [-0.15, -0.1) is 0 Å². The number of hydrogen-bond acceptors (Lipinski definition) is 4. The van der Waals surface area contributed by atoms with Gasteiger partial charge in [0.1, 0.15) is 11.4 Å². The Morgan fingerprint density at radius 3 is 2.29 bits per heavy atom. The number of aromatic nitrogens is 1. The molecule has 1 saturated heterocycles. The topological polar surface area (TPSA) is 62.7 Å². The van der Waals surface area contributed by atoms with E-state index in [1.54, 1.807) is 65.6 Å². The van der Waals surface area contributed by atoms with Crippen LogP contribution in [0.25, 0.3) is 0 Å². The Balaban J connectivity index is 1.62. The summed E-state index contributed by atoms with van der Waals surface area (Å²) in [5.41, 5.74) is 1.03. The molecule has 1 fully saturated rings. The van der Waals surface area contributed by atoms with Crippen LogP contribution in [0.4, 0.5) is 0 Å². The summed E-state index contributed by atoms with van der Waals surface area (Å²) >= 11 is 0. The summed E-state index contributed by atoms with van der Waals surface area (Å²) in [7, 11) is 1.57. The van der Waals surface area contributed by atoms with E-state index in [2.05, 4.69) is 4.98 Å². The maximum Gasteiger partial charge on any atom is 0.272 e. The van der Waals surface area contributed by atoms with Gasteiger partial charge in [-0.3, -0.25) is 14.6 Å². The molecule has 0 saturated carbocycles. The molecule has 24 heavy (non-hydrogen) atoms. The minimum absolute atomic E-state index is 0.0427. The molecule has 0 radical (unpaired) electrons. The lowest BCUT2D eigenvalue weighted by atomic mass is 10.1. The number of methoxy groups -OCH3 is 1. The molecule has 0 atom stereocenters. The first-order valence-electron chi connectivity index (χ1n) is 7.82. The number of carbonyl (C=O) groups excluding carboxylic acids is 2. The van der Waals surface area contributed by atoms with Gasteiger partial charge in [0.2, 0.25) is 0 Å². The van der Waals surface area contributed by atoms with Gasteiger partial charge < -0.3 is 14.5 Å². The van der Waals surface area contributed by atoms with Crippen LogP contribution in [-0.2, 0) is 0 Å². The standard InChI is InChI=1S/C18H19N3O3/c1-24-15-6-4-5-14(13-15)17(22)20-9-11-21(12-10-20)18(23)16-7-2-3-8-19-16/h2-8,13H,9-12H2,1H3. The molecule has 2 aromatic rings. The van der Waals surface area contributed by atoms with Gasteiger partial charge in [-0.1, -0.05) is 12.1 Å². The molecule has 0 spiro atoms. The Morgan fingerprint density at radius 1 is 0.958 bits per heavy atom. The molecule has 0 N–H and O–H groups in total. The van der Waals surface area contributed by atoms with Crippen molar-refractivity contribution in [3.05, 3.63) is 59.9 Å². The zero-order valence-electron chi connectivity index (χ0n) is 13.5. The maximum absolute atomic E-state index is 12.6. The summed E-state index contributed by atoms with van der Waals surface area (Å²) in [5.74, 6) is 0.521. The van der Waals surface area contributed by atoms with Crippen LogP contribution < -0.4 is 4.74 Å². The van der Waals surface area contributed by atoms with Gasteiger partial charge in [0.25, 0.3) is 11.8 Å². The number of piperazine rings is 1. The summed E-state index contributed by atoms with van der Waals surface area (Å²) in [6, 6.07) is 12.4. The number of carbonyl (C=O) groups is 2. The van der Waals surface area contributed by atoms with E-state index in [1.165, 1.54) is 0 Å². The molecule has 2 heterocycles. The minimum atomic E-state index is -0.0934. The van der Waals surface area contributed by atoms with Crippen molar-refractivity contribution in [2.24, 2.45) is 0 Å². The normalized spacial score (nSPS) is 14.4. The summed E-state index contributed by atoms with van der Waals surface area (Å²) in [6.45, 7) is 2.03. The molecule has 6 heteroatoms. The Hall–Kier alpha value is -2.89. The molecule has 0 bridgehead atoms. The highest BCUT2D eigenvalue weighted by atomic mass is 16.5. The van der Waals surface area contributed by atoms with Crippen LogP contribution in [0.5, 0.6) is 5.75 Å². The second kappa shape index (κ2) is 7.12. The van der Waals surface area contributed by atoms with Gasteiger partial charge in [0, 0.05) is 37.9 Å². The average molecular weight is 325 g/mol. The first kappa shape index (κ1) is 16.0. The van der Waals surface area contributed by atoms with Gasteiger partial charge in [0.15, 0.2) is 0 Å². The van der Waals surface area contributed by atoms with Crippen LogP contribution >= 0.6 is 0 Å². The molecule has 2 amide bonds. The fraction of sp³-hybridized carbons (Fsp3) is 0.278. The van der Waals surface area contributed by atoms with Crippen LogP contribution in [0.15, 0.2) is 48.7 Å². The monoisotopic (exact) mass is 325 g/mol. The van der Waals surface area contributed by atoms with Crippen molar-refractivity contribution in [1.82, 2.24) is 14.8 Å². The largest absolute Gasteiger partial charge is 0.497 e. The van der Waals surface area contributed by atoms with Crippen LogP contribution in [-0.4, -0.2) is 59.9 Å². The third kappa shape index (κ3) is 3.37. The van der Waals surface area contributed by atoms with Gasteiger partial charge >= 0.3 is 0 Å². The molecule has 1 aliphatic heterocycles. The molecular weight excluding hydrogens is 306 g/mol. The highest BCUT2D eigenvalue weighted by Crippen LogP contribution is 2.16. The maximum atomic E-state index is 12.6. The van der Waals surface area contributed by atoms with Gasteiger partial charge in [-0.2, -0.15) is 0 Å². The van der Waals surface area contributed by atoms with Crippen LogP contribution in [0.2, 0.25) is 0 Å². The number of pyridine rings is 1. The zero-order valence-corrected chi connectivity index (χ0v) is 13.5. The SMILES string of the molecule is COc1cccc(C(=O)N2CCN(C(=O)c3ccccn3)CC2)c1. The number of rotatable bonds is 3. The number of ether oxygens (including phenoxy) is 1. The summed E-state index contributed by atoms with van der Waals surface area (Å²) in [4.78, 5) is 32.5. The Morgan fingerprint density at radius 2 is 1.67 bits per heavy atom. The smallest absolute Gasteiger partial charge is 0.272 e. The van der Waals surface area contributed by atoms with E-state index in [1.807, 2.05) is 0 Å². The minimum Gasteiger partial charge on any atom is -0.497 e. The Kier molecular flexibility index (Phi) is 4.74. The Labute approximate surface area is 140 Å². The lowest BCUT2D eigenvalue weighted by molar-refractivity contribution is 0.0532. The van der Waals surface area contributed by atoms with Crippen molar-refractivity contribution >= 4 is 11.8 Å². The molecule has 1 aliphatic rings. The molecule has 6 nitrogen and oxygen atoms in total. The lowest BCUT2D eigenvalue weighted by Crippen LogP contribution is -2.50. The fourth-order valence-electron chi connectivity index (χ4n) is 2.70. The molecule has 124 valence electrons. The highest BCUT2D eigenvalue weighted by Gasteiger charge is 2.26. The van der Waals surface area contributed by atoms with Crippen LogP contribution in [0.3, 0.4) is 0 Å². The number of nitrogens with zero attached hydrogens (tertiary/aromatic N) is 3. The fourth-order valence-corrected chi connectivity index (χ4v) is 2.70. The molecular formula is C18H19N3O3. The predicted octanol–water partition coefficient (Wildman–Crippen LogP) is 1.69. The molecule has 0 unspecified atom stereocenters. The van der Waals surface area contributed by atoms with Gasteiger partial charge in [-0.05, 0) is 30.3 Å². The van der Waals surface area contributed by atoms with Crippen LogP contribution in [0, 0.1) is 0 Å². The molecule has 3 rings (SSSR count). The van der Waals surface area contributed by atoms with Crippen molar-refractivity contribution in [2.45, 2.75) is 0 Å². The number of benzene rings is 1. The van der Waals surface area contributed by atoms with E-state index in [4.69, 9.17) is 4.74 Å². The summed E-state index contributed by atoms with van der Waals surface area (Å²) in [6.07, 6.45) is 1.61. The summed E-state index contributed by atoms with van der Waals surface area (Å²) < 4.78 is 5.16. The molecule has 1 aromatic carbocycles. The van der Waals surface area contributed by atoms with E-state index < -0.39 is 0 Å². The molecule has 1 aromatic heterocycles. The second-order valence-corrected chi connectivity index (χ2v) is 5.53. The van der Waals surface area contributed by atoms with E-state index in [-0.39, 0.29) is 11.8 Å². The van der Waals surface area contributed by atoms with Crippen LogP contribution in [0.1, 0.15) is 20.8 Å². The highest BCUT2D eigenvalue weighted by molar-refractivity contribution is 5.95. The van der Waals surface area contributed by atoms with Crippen molar-refractivity contribution in [3.8, 4) is 5.75 Å². The van der Waals surface area contributed by atoms with Crippen molar-refractivity contribution in [3.63, 3.8) is 0 Å². The third-order valence-electron chi connectivity index (χ3n) is 4.05. The van der Waals surface area contributed by atoms with E-state index in [0.29, 0.717) is 43.2 Å². The third-order valence-corrected chi connectivity index (χ3v) is 4.05. The number of amides is 2. The Bertz CT molecular complexity index is 725. The predicted molar refractivity (Wildman–Crippen MR) is 89.0 cm³/mol. The quantitative estimate of drug-likeness (QED) is 0.861. The van der Waals surface area contributed by atoms with Crippen molar-refractivity contribution in [2.75, 3.05) is 33.3 Å². The first-order chi connectivity index (χ1) is 11.7. The van der Waals surface area contributed by atoms with E-state index in [0.717, 1.165) is 0 Å². The second-order valence-electron chi connectivity index (χ2n) is 5.53. The molecule has 0 aliphatic carbocycles. The lowest BCUT2D eigenvalue weighted by Gasteiger charge is -2.34. The zero-order chi connectivity index (χ0) is 16.9. The first-order valence-corrected chi connectivity index (χ1v) is 7.82. The average Bonchev–Trinajstić information content (AvgIpc) is 2.67. The summed E-state index contributed by atoms with van der Waals surface area (Å²) in [5, 5.41) is 0. The van der Waals surface area contributed by atoms with E-state index in [9.17, 15) is 9.59 Å². The number of hydrogen-bond donors (Lipinski definition) is 0. The van der Waals surface area contributed by atoms with E-state index >= 15 is 0 Å².